The van der Waals surface area contributed by atoms with Gasteiger partial charge in [0.25, 0.3) is 0 Å². The van der Waals surface area contributed by atoms with Crippen LogP contribution in [0.15, 0.2) is 12.4 Å². The molecule has 0 amide bonds. The van der Waals surface area contributed by atoms with Crippen molar-refractivity contribution in [3.63, 3.8) is 0 Å². The van der Waals surface area contributed by atoms with Crippen molar-refractivity contribution in [3.8, 4) is 6.07 Å². The number of rotatable bonds is 1. The highest BCUT2D eigenvalue weighted by Crippen LogP contribution is 2.11. The second kappa shape index (κ2) is 2.61. The quantitative estimate of drug-likeness (QED) is 0.495. The average Bonchev–Trinajstić information content (AvgIpc) is 2.20. The monoisotopic (exact) mass is 137 g/mol. The first kappa shape index (κ1) is 6.94. The lowest BCUT2D eigenvalue weighted by atomic mass is 10.5. The van der Waals surface area contributed by atoms with Crippen molar-refractivity contribution in [1.29, 1.82) is 5.26 Å². The van der Waals surface area contributed by atoms with Crippen LogP contribution in [0, 0.1) is 11.3 Å². The zero-order chi connectivity index (χ0) is 7.56. The normalized spacial score (nSPS) is 23.5. The first-order chi connectivity index (χ1) is 4.75. The molecule has 0 saturated carbocycles. The molecule has 1 heterocycles. The van der Waals surface area contributed by atoms with Crippen LogP contribution in [0.5, 0.6) is 0 Å². The molecule has 0 saturated heterocycles. The van der Waals surface area contributed by atoms with Gasteiger partial charge in [0, 0.05) is 19.4 Å². The molecule has 0 radical (unpaired) electrons. The molecule has 1 unspecified atom stereocenters. The number of hydrogen-bond acceptors (Lipinski definition) is 3. The number of nitriles is 1. The van der Waals surface area contributed by atoms with Crippen LogP contribution in [0.2, 0.25) is 0 Å². The fourth-order valence-corrected chi connectivity index (χ4v) is 0.940. The predicted octanol–water partition coefficient (Wildman–Crippen LogP) is 0.575. The zero-order valence-corrected chi connectivity index (χ0v) is 6.28. The van der Waals surface area contributed by atoms with Crippen LogP contribution in [0.1, 0.15) is 6.92 Å². The van der Waals surface area contributed by atoms with Crippen LogP contribution in [0.4, 0.5) is 0 Å². The minimum absolute atomic E-state index is 0.333. The molecule has 1 aliphatic rings. The van der Waals surface area contributed by atoms with Crippen molar-refractivity contribution in [1.82, 2.24) is 9.80 Å². The highest BCUT2D eigenvalue weighted by Gasteiger charge is 2.16. The van der Waals surface area contributed by atoms with Crippen molar-refractivity contribution in [3.05, 3.63) is 12.4 Å². The lowest BCUT2D eigenvalue weighted by Crippen LogP contribution is -2.33. The Balaban J connectivity index is 2.51. The standard InChI is InChI=1S/C7H11N3/c1-7-9(2)5-6-10(7)4-3-8/h5-7H,4H2,1-2H3. The van der Waals surface area contributed by atoms with Crippen LogP contribution >= 0.6 is 0 Å². The highest BCUT2D eigenvalue weighted by atomic mass is 15.4. The maximum Gasteiger partial charge on any atom is 0.107 e. The summed E-state index contributed by atoms with van der Waals surface area (Å²) < 4.78 is 0. The average molecular weight is 137 g/mol. The maximum atomic E-state index is 8.39. The number of nitrogens with zero attached hydrogens (tertiary/aromatic N) is 3. The van der Waals surface area contributed by atoms with E-state index in [0.717, 1.165) is 0 Å². The molecule has 0 spiro atoms. The van der Waals surface area contributed by atoms with E-state index >= 15 is 0 Å². The van der Waals surface area contributed by atoms with Crippen LogP contribution in [0.25, 0.3) is 0 Å². The smallest absolute Gasteiger partial charge is 0.107 e. The molecule has 1 rings (SSSR count). The first-order valence-corrected chi connectivity index (χ1v) is 3.28. The lowest BCUT2D eigenvalue weighted by molar-refractivity contribution is 0.212. The van der Waals surface area contributed by atoms with Crippen molar-refractivity contribution < 1.29 is 0 Å². The van der Waals surface area contributed by atoms with Gasteiger partial charge in [-0.1, -0.05) is 0 Å². The molecule has 0 fully saturated rings. The fourth-order valence-electron chi connectivity index (χ4n) is 0.940. The molecular weight excluding hydrogens is 126 g/mol. The van der Waals surface area contributed by atoms with Crippen LogP contribution in [0.3, 0.4) is 0 Å². The summed E-state index contributed by atoms with van der Waals surface area (Å²) in [5.74, 6) is 0. The Morgan fingerprint density at radius 2 is 2.30 bits per heavy atom. The summed E-state index contributed by atoms with van der Waals surface area (Å²) in [5.41, 5.74) is 0. The SMILES string of the molecule is CC1N(C)C=CN1CC#N. The Kier molecular flexibility index (Phi) is 1.81. The van der Waals surface area contributed by atoms with Crippen LogP contribution in [-0.2, 0) is 0 Å². The van der Waals surface area contributed by atoms with Gasteiger partial charge in [0.2, 0.25) is 0 Å². The summed E-state index contributed by atoms with van der Waals surface area (Å²) in [6, 6.07) is 2.11. The van der Waals surface area contributed by atoms with Crippen molar-refractivity contribution >= 4 is 0 Å². The molecule has 3 nitrogen and oxygen atoms in total. The van der Waals surface area contributed by atoms with Gasteiger partial charge in [-0.2, -0.15) is 5.26 Å². The Morgan fingerprint density at radius 1 is 1.60 bits per heavy atom. The van der Waals surface area contributed by atoms with E-state index in [0.29, 0.717) is 12.7 Å². The molecule has 54 valence electrons. The van der Waals surface area contributed by atoms with Gasteiger partial charge in [0.05, 0.1) is 12.2 Å². The first-order valence-electron chi connectivity index (χ1n) is 3.28. The zero-order valence-electron chi connectivity index (χ0n) is 6.28. The lowest BCUT2D eigenvalue weighted by Gasteiger charge is -2.24. The molecule has 0 aromatic rings. The van der Waals surface area contributed by atoms with Gasteiger partial charge in [-0.3, -0.25) is 0 Å². The number of hydrogen-bond donors (Lipinski definition) is 0. The maximum absolute atomic E-state index is 8.39. The molecule has 0 aliphatic carbocycles. The van der Waals surface area contributed by atoms with Gasteiger partial charge >= 0.3 is 0 Å². The van der Waals surface area contributed by atoms with Gasteiger partial charge in [-0.15, -0.1) is 0 Å². The Morgan fingerprint density at radius 3 is 2.70 bits per heavy atom. The molecule has 0 N–H and O–H groups in total. The Labute approximate surface area is 61.1 Å². The summed E-state index contributed by atoms with van der Waals surface area (Å²) >= 11 is 0. The molecule has 0 bridgehead atoms. The fraction of sp³-hybridized carbons (Fsp3) is 0.571. The van der Waals surface area contributed by atoms with Crippen molar-refractivity contribution in [2.75, 3.05) is 13.6 Å². The summed E-state index contributed by atoms with van der Waals surface area (Å²) in [4.78, 5) is 4.05. The molecule has 3 heteroatoms. The Hall–Kier alpha value is -1.17. The molecule has 0 aromatic carbocycles. The third-order valence-corrected chi connectivity index (χ3v) is 1.82. The third kappa shape index (κ3) is 1.06. The van der Waals surface area contributed by atoms with E-state index in [1.165, 1.54) is 0 Å². The summed E-state index contributed by atoms with van der Waals surface area (Å²) in [6.07, 6.45) is 4.25. The van der Waals surface area contributed by atoms with Crippen molar-refractivity contribution in [2.24, 2.45) is 0 Å². The van der Waals surface area contributed by atoms with Crippen molar-refractivity contribution in [2.45, 2.75) is 13.1 Å². The van der Waals surface area contributed by atoms with Gasteiger partial charge in [-0.25, -0.2) is 0 Å². The topological polar surface area (TPSA) is 30.3 Å². The van der Waals surface area contributed by atoms with E-state index in [4.69, 9.17) is 5.26 Å². The van der Waals surface area contributed by atoms with Gasteiger partial charge in [-0.05, 0) is 6.92 Å². The highest BCUT2D eigenvalue weighted by molar-refractivity contribution is 4.97. The molecule has 1 aliphatic heterocycles. The van der Waals surface area contributed by atoms with E-state index in [1.807, 2.05) is 24.3 Å². The van der Waals surface area contributed by atoms with Gasteiger partial charge in [0.1, 0.15) is 6.54 Å². The van der Waals surface area contributed by atoms with Gasteiger partial charge in [0.15, 0.2) is 0 Å². The minimum atomic E-state index is 0.333. The molecule has 0 aromatic heterocycles. The summed E-state index contributed by atoms with van der Waals surface area (Å²) in [7, 11) is 2.00. The molecule has 1 atom stereocenters. The van der Waals surface area contributed by atoms with E-state index in [1.54, 1.807) is 0 Å². The predicted molar refractivity (Wildman–Crippen MR) is 38.7 cm³/mol. The summed E-state index contributed by atoms with van der Waals surface area (Å²) in [5, 5.41) is 8.39. The van der Waals surface area contributed by atoms with E-state index in [-0.39, 0.29) is 0 Å². The molecular formula is C7H11N3. The second-order valence-electron chi connectivity index (χ2n) is 2.43. The summed E-state index contributed by atoms with van der Waals surface area (Å²) in [6.45, 7) is 2.54. The van der Waals surface area contributed by atoms with Gasteiger partial charge < -0.3 is 9.80 Å². The van der Waals surface area contributed by atoms with E-state index < -0.39 is 0 Å². The molecule has 10 heavy (non-hydrogen) atoms. The minimum Gasteiger partial charge on any atom is -0.359 e. The van der Waals surface area contributed by atoms with Crippen LogP contribution in [-0.4, -0.2) is 29.6 Å². The largest absolute Gasteiger partial charge is 0.359 e. The Bertz CT molecular complexity index is 180. The van der Waals surface area contributed by atoms with E-state index in [2.05, 4.69) is 17.9 Å². The third-order valence-electron chi connectivity index (χ3n) is 1.82. The second-order valence-corrected chi connectivity index (χ2v) is 2.43. The van der Waals surface area contributed by atoms with Crippen LogP contribution < -0.4 is 0 Å². The van der Waals surface area contributed by atoms with E-state index in [9.17, 15) is 0 Å².